The molecule has 0 saturated carbocycles. The number of esters is 1. The van der Waals surface area contributed by atoms with E-state index in [0.717, 1.165) is 5.56 Å². The number of methoxy groups -OCH3 is 1. The Morgan fingerprint density at radius 3 is 2.65 bits per heavy atom. The minimum Gasteiger partial charge on any atom is -0.493 e. The number of carbonyl (C=O) groups is 1. The first kappa shape index (κ1) is 17.6. The highest BCUT2D eigenvalue weighted by Crippen LogP contribution is 2.31. The van der Waals surface area contributed by atoms with Crippen LogP contribution in [0.15, 0.2) is 53.2 Å². The van der Waals surface area contributed by atoms with E-state index in [9.17, 15) is 13.6 Å². The van der Waals surface area contributed by atoms with Gasteiger partial charge in [0.2, 0.25) is 5.90 Å². The van der Waals surface area contributed by atoms with Gasteiger partial charge in [-0.1, -0.05) is 23.8 Å². The van der Waals surface area contributed by atoms with Crippen molar-refractivity contribution < 1.29 is 27.8 Å². The van der Waals surface area contributed by atoms with Crippen molar-refractivity contribution in [1.29, 1.82) is 0 Å². The van der Waals surface area contributed by atoms with E-state index in [0.29, 0.717) is 11.1 Å². The maximum Gasteiger partial charge on any atom is 0.387 e. The van der Waals surface area contributed by atoms with Gasteiger partial charge in [0.25, 0.3) is 0 Å². The zero-order valence-electron chi connectivity index (χ0n) is 14.0. The van der Waals surface area contributed by atoms with Crippen LogP contribution in [0.3, 0.4) is 0 Å². The van der Waals surface area contributed by atoms with Crippen molar-refractivity contribution in [2.24, 2.45) is 4.99 Å². The summed E-state index contributed by atoms with van der Waals surface area (Å²) >= 11 is 0. The molecule has 134 valence electrons. The average Bonchev–Trinajstić information content (AvgIpc) is 2.96. The van der Waals surface area contributed by atoms with Gasteiger partial charge in [-0.25, -0.2) is 9.79 Å². The summed E-state index contributed by atoms with van der Waals surface area (Å²) < 4.78 is 39.4. The maximum absolute atomic E-state index is 12.4. The number of cyclic esters (lactones) is 1. The second-order valence-electron chi connectivity index (χ2n) is 5.49. The van der Waals surface area contributed by atoms with Crippen LogP contribution in [-0.2, 0) is 9.53 Å². The van der Waals surface area contributed by atoms with Gasteiger partial charge < -0.3 is 14.2 Å². The Bertz CT molecular complexity index is 906. The Morgan fingerprint density at radius 1 is 1.15 bits per heavy atom. The normalized spacial score (nSPS) is 15.2. The SMILES string of the molecule is COc1cc(/C=C2\N=C(c3cccc(C)c3)OC2=O)ccc1OC(F)F. The number of aliphatic imine (C=N–C) groups is 1. The monoisotopic (exact) mass is 359 g/mol. The van der Waals surface area contributed by atoms with Gasteiger partial charge in [0, 0.05) is 5.56 Å². The van der Waals surface area contributed by atoms with Crippen molar-refractivity contribution in [1.82, 2.24) is 0 Å². The molecule has 3 rings (SSSR count). The van der Waals surface area contributed by atoms with Crippen molar-refractivity contribution in [3.8, 4) is 11.5 Å². The number of nitrogens with zero attached hydrogens (tertiary/aromatic N) is 1. The van der Waals surface area contributed by atoms with Crippen LogP contribution in [0, 0.1) is 6.92 Å². The number of hydrogen-bond acceptors (Lipinski definition) is 5. The molecule has 0 saturated heterocycles. The van der Waals surface area contributed by atoms with Crippen LogP contribution < -0.4 is 9.47 Å². The Hall–Kier alpha value is -3.22. The van der Waals surface area contributed by atoms with Gasteiger partial charge in [0.15, 0.2) is 17.2 Å². The summed E-state index contributed by atoms with van der Waals surface area (Å²) in [5.41, 5.74) is 2.34. The third-order valence-corrected chi connectivity index (χ3v) is 3.59. The van der Waals surface area contributed by atoms with E-state index in [4.69, 9.17) is 9.47 Å². The molecule has 0 atom stereocenters. The lowest BCUT2D eigenvalue weighted by Gasteiger charge is -2.10. The molecule has 2 aromatic carbocycles. The first-order chi connectivity index (χ1) is 12.5. The van der Waals surface area contributed by atoms with E-state index in [1.165, 1.54) is 31.4 Å². The molecule has 1 aliphatic rings. The first-order valence-electron chi connectivity index (χ1n) is 7.68. The summed E-state index contributed by atoms with van der Waals surface area (Å²) in [4.78, 5) is 16.3. The lowest BCUT2D eigenvalue weighted by molar-refractivity contribution is -0.129. The van der Waals surface area contributed by atoms with Crippen LogP contribution >= 0.6 is 0 Å². The number of benzene rings is 2. The first-order valence-corrected chi connectivity index (χ1v) is 7.68. The lowest BCUT2D eigenvalue weighted by atomic mass is 10.1. The van der Waals surface area contributed by atoms with Gasteiger partial charge in [-0.3, -0.25) is 0 Å². The quantitative estimate of drug-likeness (QED) is 0.599. The maximum atomic E-state index is 12.4. The summed E-state index contributed by atoms with van der Waals surface area (Å²) in [5.74, 6) is -0.348. The molecule has 0 aliphatic carbocycles. The van der Waals surface area contributed by atoms with Gasteiger partial charge >= 0.3 is 12.6 Å². The van der Waals surface area contributed by atoms with Crippen LogP contribution in [-0.4, -0.2) is 25.6 Å². The zero-order chi connectivity index (χ0) is 18.7. The summed E-state index contributed by atoms with van der Waals surface area (Å²) in [7, 11) is 1.34. The van der Waals surface area contributed by atoms with Gasteiger partial charge in [-0.2, -0.15) is 8.78 Å². The number of halogens is 2. The van der Waals surface area contributed by atoms with Crippen LogP contribution in [0.2, 0.25) is 0 Å². The average molecular weight is 359 g/mol. The number of alkyl halides is 2. The molecule has 1 aliphatic heterocycles. The fraction of sp³-hybridized carbons (Fsp3) is 0.158. The van der Waals surface area contributed by atoms with Gasteiger partial charge in [0.1, 0.15) is 0 Å². The topological polar surface area (TPSA) is 57.1 Å². The molecule has 0 unspecified atom stereocenters. The molecule has 7 heteroatoms. The van der Waals surface area contributed by atoms with Crippen LogP contribution in [0.4, 0.5) is 8.78 Å². The summed E-state index contributed by atoms with van der Waals surface area (Å²) in [6.07, 6.45) is 1.49. The molecule has 5 nitrogen and oxygen atoms in total. The third-order valence-electron chi connectivity index (χ3n) is 3.59. The smallest absolute Gasteiger partial charge is 0.387 e. The van der Waals surface area contributed by atoms with Crippen LogP contribution in [0.25, 0.3) is 6.08 Å². The van der Waals surface area contributed by atoms with E-state index < -0.39 is 12.6 Å². The van der Waals surface area contributed by atoms with Crippen molar-refractivity contribution in [2.45, 2.75) is 13.5 Å². The molecule has 26 heavy (non-hydrogen) atoms. The van der Waals surface area contributed by atoms with Crippen molar-refractivity contribution in [3.63, 3.8) is 0 Å². The van der Waals surface area contributed by atoms with E-state index in [1.807, 2.05) is 25.1 Å². The summed E-state index contributed by atoms with van der Waals surface area (Å²) in [5, 5.41) is 0. The minimum absolute atomic E-state index is 0.0948. The number of carbonyl (C=O) groups excluding carboxylic acids is 1. The second kappa shape index (κ2) is 7.35. The van der Waals surface area contributed by atoms with Crippen molar-refractivity contribution in [2.75, 3.05) is 7.11 Å². The Labute approximate surface area is 148 Å². The fourth-order valence-electron chi connectivity index (χ4n) is 2.44. The fourth-order valence-corrected chi connectivity index (χ4v) is 2.44. The molecule has 2 aromatic rings. The second-order valence-corrected chi connectivity index (χ2v) is 5.49. The molecular weight excluding hydrogens is 344 g/mol. The van der Waals surface area contributed by atoms with Gasteiger partial charge in [0.05, 0.1) is 7.11 Å². The zero-order valence-corrected chi connectivity index (χ0v) is 14.0. The molecule has 0 N–H and O–H groups in total. The Balaban J connectivity index is 1.90. The highest BCUT2D eigenvalue weighted by Gasteiger charge is 2.24. The number of aryl methyl sites for hydroxylation is 1. The predicted molar refractivity (Wildman–Crippen MR) is 91.4 cm³/mol. The number of hydrogen-bond donors (Lipinski definition) is 0. The number of rotatable bonds is 5. The molecule has 0 amide bonds. The van der Waals surface area contributed by atoms with E-state index in [-0.39, 0.29) is 23.1 Å². The third kappa shape index (κ3) is 3.88. The number of ether oxygens (including phenoxy) is 3. The molecule has 0 radical (unpaired) electrons. The predicted octanol–water partition coefficient (Wildman–Crippen LogP) is 3.95. The molecule has 0 spiro atoms. The lowest BCUT2D eigenvalue weighted by Crippen LogP contribution is -2.05. The van der Waals surface area contributed by atoms with Crippen molar-refractivity contribution in [3.05, 3.63) is 64.9 Å². The van der Waals surface area contributed by atoms with E-state index in [1.54, 1.807) is 6.07 Å². The minimum atomic E-state index is -2.96. The van der Waals surface area contributed by atoms with Crippen LogP contribution in [0.1, 0.15) is 16.7 Å². The molecular formula is C19H15F2NO4. The standard InChI is InChI=1S/C19H15F2NO4/c1-11-4-3-5-13(8-11)17-22-14(18(23)26-17)9-12-6-7-15(25-19(20)21)16(10-12)24-2/h3-10,19H,1-2H3/b14-9-. The largest absolute Gasteiger partial charge is 0.493 e. The highest BCUT2D eigenvalue weighted by molar-refractivity contribution is 6.12. The Morgan fingerprint density at radius 2 is 1.96 bits per heavy atom. The van der Waals surface area contributed by atoms with E-state index in [2.05, 4.69) is 9.73 Å². The summed E-state index contributed by atoms with van der Waals surface area (Å²) in [6.45, 7) is -1.04. The van der Waals surface area contributed by atoms with Crippen LogP contribution in [0.5, 0.6) is 11.5 Å². The molecule has 1 heterocycles. The molecule has 0 aromatic heterocycles. The van der Waals surface area contributed by atoms with Gasteiger partial charge in [-0.05, 0) is 42.8 Å². The van der Waals surface area contributed by atoms with E-state index >= 15 is 0 Å². The molecule has 0 bridgehead atoms. The Kier molecular flexibility index (Phi) is 4.97. The highest BCUT2D eigenvalue weighted by atomic mass is 19.3. The summed E-state index contributed by atoms with van der Waals surface area (Å²) in [6, 6.07) is 11.7. The van der Waals surface area contributed by atoms with Crippen molar-refractivity contribution >= 4 is 17.9 Å². The molecule has 0 fully saturated rings. The van der Waals surface area contributed by atoms with Gasteiger partial charge in [-0.15, -0.1) is 0 Å².